The summed E-state index contributed by atoms with van der Waals surface area (Å²) in [4.78, 5) is 21.5. The van der Waals surface area contributed by atoms with E-state index in [0.717, 1.165) is 49.7 Å². The van der Waals surface area contributed by atoms with Crippen LogP contribution in [0.15, 0.2) is 54.9 Å². The van der Waals surface area contributed by atoms with Gasteiger partial charge >= 0.3 is 6.03 Å². The van der Waals surface area contributed by atoms with Gasteiger partial charge in [-0.1, -0.05) is 66.6 Å². The Labute approximate surface area is 204 Å². The van der Waals surface area contributed by atoms with Gasteiger partial charge in [-0.2, -0.15) is 0 Å². The molecule has 2 amide bonds. The SMILES string of the molecule is CC(C)S(=O)(=O)N(CCCCCCCCNC(=O)NCc1cccnc1)OCc1ccccc1. The molecule has 0 saturated carbocycles. The van der Waals surface area contributed by atoms with Crippen LogP contribution in [0, 0.1) is 0 Å². The second-order valence-electron chi connectivity index (χ2n) is 8.47. The van der Waals surface area contributed by atoms with Crippen molar-refractivity contribution in [2.24, 2.45) is 0 Å². The molecule has 0 atom stereocenters. The molecule has 0 aliphatic rings. The van der Waals surface area contributed by atoms with Crippen LogP contribution in [-0.4, -0.2) is 42.2 Å². The minimum atomic E-state index is -3.48. The van der Waals surface area contributed by atoms with Crippen LogP contribution in [0.3, 0.4) is 0 Å². The standard InChI is InChI=1S/C25H38N4O4S/c1-22(2)34(31,32)29(33-21-23-13-8-7-9-14-23)18-11-6-4-3-5-10-17-27-25(30)28-20-24-15-12-16-26-19-24/h7-9,12-16,19,22H,3-6,10-11,17-18,20-21H2,1-2H3,(H2,27,28,30). The van der Waals surface area contributed by atoms with Crippen LogP contribution in [-0.2, 0) is 28.0 Å². The maximum absolute atomic E-state index is 12.6. The second kappa shape index (κ2) is 15.4. The lowest BCUT2D eigenvalue weighted by atomic mass is 10.1. The number of nitrogens with one attached hydrogen (secondary N) is 2. The largest absolute Gasteiger partial charge is 0.338 e. The fraction of sp³-hybridized carbons (Fsp3) is 0.520. The summed E-state index contributed by atoms with van der Waals surface area (Å²) >= 11 is 0. The van der Waals surface area contributed by atoms with Crippen molar-refractivity contribution in [3.63, 3.8) is 0 Å². The van der Waals surface area contributed by atoms with Crippen LogP contribution in [0.25, 0.3) is 0 Å². The molecule has 1 aromatic heterocycles. The number of hydroxylamine groups is 1. The summed E-state index contributed by atoms with van der Waals surface area (Å²) in [5.41, 5.74) is 1.90. The van der Waals surface area contributed by atoms with E-state index in [9.17, 15) is 13.2 Å². The maximum Gasteiger partial charge on any atom is 0.315 e. The van der Waals surface area contributed by atoms with E-state index in [1.54, 1.807) is 26.2 Å². The third kappa shape index (κ3) is 10.6. The van der Waals surface area contributed by atoms with E-state index in [1.165, 1.54) is 4.47 Å². The molecule has 188 valence electrons. The summed E-state index contributed by atoms with van der Waals surface area (Å²) in [6.45, 7) is 5.01. The van der Waals surface area contributed by atoms with Crippen molar-refractivity contribution in [3.8, 4) is 0 Å². The van der Waals surface area contributed by atoms with E-state index in [0.29, 0.717) is 19.6 Å². The van der Waals surface area contributed by atoms with E-state index in [2.05, 4.69) is 15.6 Å². The van der Waals surface area contributed by atoms with Gasteiger partial charge in [-0.15, -0.1) is 0 Å². The minimum Gasteiger partial charge on any atom is -0.338 e. The first-order valence-corrected chi connectivity index (χ1v) is 13.5. The van der Waals surface area contributed by atoms with Crippen molar-refractivity contribution < 1.29 is 18.0 Å². The molecular formula is C25H38N4O4S. The summed E-state index contributed by atoms with van der Waals surface area (Å²) in [6, 6.07) is 13.1. The van der Waals surface area contributed by atoms with E-state index in [4.69, 9.17) is 4.84 Å². The molecule has 2 N–H and O–H groups in total. The summed E-state index contributed by atoms with van der Waals surface area (Å²) < 4.78 is 26.4. The zero-order valence-corrected chi connectivity index (χ0v) is 21.1. The van der Waals surface area contributed by atoms with Gasteiger partial charge in [-0.25, -0.2) is 13.2 Å². The quantitative estimate of drug-likeness (QED) is 0.268. The topological polar surface area (TPSA) is 101 Å². The van der Waals surface area contributed by atoms with Crippen LogP contribution in [0.1, 0.15) is 63.5 Å². The number of sulfonamides is 1. The lowest BCUT2D eigenvalue weighted by Gasteiger charge is -2.23. The molecule has 0 spiro atoms. The Morgan fingerprint density at radius 3 is 2.29 bits per heavy atom. The number of aromatic nitrogens is 1. The van der Waals surface area contributed by atoms with E-state index in [-0.39, 0.29) is 12.6 Å². The zero-order valence-electron chi connectivity index (χ0n) is 20.3. The van der Waals surface area contributed by atoms with Crippen molar-refractivity contribution in [1.82, 2.24) is 20.1 Å². The molecule has 0 aliphatic carbocycles. The number of rotatable bonds is 16. The van der Waals surface area contributed by atoms with Crippen molar-refractivity contribution in [1.29, 1.82) is 0 Å². The predicted molar refractivity (Wildman–Crippen MR) is 134 cm³/mol. The Morgan fingerprint density at radius 1 is 0.941 bits per heavy atom. The highest BCUT2D eigenvalue weighted by atomic mass is 32.2. The Morgan fingerprint density at radius 2 is 1.62 bits per heavy atom. The predicted octanol–water partition coefficient (Wildman–Crippen LogP) is 4.39. The smallest absolute Gasteiger partial charge is 0.315 e. The zero-order chi connectivity index (χ0) is 24.7. The molecule has 34 heavy (non-hydrogen) atoms. The van der Waals surface area contributed by atoms with Gasteiger partial charge in [0.1, 0.15) is 0 Å². The third-order valence-electron chi connectivity index (χ3n) is 5.33. The molecule has 0 bridgehead atoms. The fourth-order valence-corrected chi connectivity index (χ4v) is 4.30. The summed E-state index contributed by atoms with van der Waals surface area (Å²) in [6.07, 6.45) is 9.09. The number of benzene rings is 1. The molecule has 1 heterocycles. The summed E-state index contributed by atoms with van der Waals surface area (Å²) in [5, 5.41) is 5.15. The fourth-order valence-electron chi connectivity index (χ4n) is 3.24. The number of urea groups is 1. The van der Waals surface area contributed by atoms with Gasteiger partial charge in [0.15, 0.2) is 0 Å². The number of hydrogen-bond donors (Lipinski definition) is 2. The van der Waals surface area contributed by atoms with Gasteiger partial charge in [-0.05, 0) is 43.9 Å². The van der Waals surface area contributed by atoms with Gasteiger partial charge in [0, 0.05) is 32.0 Å². The minimum absolute atomic E-state index is 0.175. The lowest BCUT2D eigenvalue weighted by Crippen LogP contribution is -2.37. The van der Waals surface area contributed by atoms with Gasteiger partial charge in [0.25, 0.3) is 0 Å². The summed E-state index contributed by atoms with van der Waals surface area (Å²) in [5.74, 6) is 0. The first kappa shape index (κ1) is 27.8. The number of amides is 2. The molecule has 0 radical (unpaired) electrons. The molecule has 0 unspecified atom stereocenters. The Balaban J connectivity index is 1.56. The highest BCUT2D eigenvalue weighted by Crippen LogP contribution is 2.15. The van der Waals surface area contributed by atoms with Gasteiger partial charge < -0.3 is 10.6 Å². The highest BCUT2D eigenvalue weighted by molar-refractivity contribution is 7.89. The number of carbonyl (C=O) groups is 1. The van der Waals surface area contributed by atoms with E-state index >= 15 is 0 Å². The number of hydrogen-bond acceptors (Lipinski definition) is 5. The number of unbranched alkanes of at least 4 members (excludes halogenated alkanes) is 5. The number of carbonyl (C=O) groups excluding carboxylic acids is 1. The van der Waals surface area contributed by atoms with Crippen LogP contribution in [0.5, 0.6) is 0 Å². The molecular weight excluding hydrogens is 452 g/mol. The summed E-state index contributed by atoms with van der Waals surface area (Å²) in [7, 11) is -3.48. The second-order valence-corrected chi connectivity index (χ2v) is 10.9. The molecule has 0 aliphatic heterocycles. The van der Waals surface area contributed by atoms with Gasteiger partial charge in [0.2, 0.25) is 10.0 Å². The first-order chi connectivity index (χ1) is 16.4. The Hall–Kier alpha value is -2.49. The Kier molecular flexibility index (Phi) is 12.6. The molecule has 2 rings (SSSR count). The molecule has 1 aromatic carbocycles. The van der Waals surface area contributed by atoms with Crippen LogP contribution in [0.4, 0.5) is 4.79 Å². The average molecular weight is 491 g/mol. The van der Waals surface area contributed by atoms with Crippen molar-refractivity contribution in [2.45, 2.75) is 70.8 Å². The monoisotopic (exact) mass is 490 g/mol. The van der Waals surface area contributed by atoms with Gasteiger partial charge in [-0.3, -0.25) is 9.82 Å². The third-order valence-corrected chi connectivity index (χ3v) is 7.37. The highest BCUT2D eigenvalue weighted by Gasteiger charge is 2.26. The normalized spacial score (nSPS) is 11.6. The molecule has 2 aromatic rings. The first-order valence-electron chi connectivity index (χ1n) is 12.0. The van der Waals surface area contributed by atoms with E-state index in [1.807, 2.05) is 42.5 Å². The van der Waals surface area contributed by atoms with Crippen molar-refractivity contribution in [2.75, 3.05) is 13.1 Å². The van der Waals surface area contributed by atoms with Gasteiger partial charge in [0.05, 0.1) is 11.9 Å². The number of nitrogens with zero attached hydrogens (tertiary/aromatic N) is 2. The number of pyridine rings is 1. The molecule has 0 fully saturated rings. The van der Waals surface area contributed by atoms with Crippen LogP contribution < -0.4 is 10.6 Å². The van der Waals surface area contributed by atoms with Crippen LogP contribution in [0.2, 0.25) is 0 Å². The maximum atomic E-state index is 12.6. The van der Waals surface area contributed by atoms with Crippen molar-refractivity contribution >= 4 is 16.1 Å². The molecule has 9 heteroatoms. The van der Waals surface area contributed by atoms with Crippen LogP contribution >= 0.6 is 0 Å². The molecule has 8 nitrogen and oxygen atoms in total. The van der Waals surface area contributed by atoms with Crippen molar-refractivity contribution in [3.05, 3.63) is 66.0 Å². The molecule has 0 saturated heterocycles. The lowest BCUT2D eigenvalue weighted by molar-refractivity contribution is -0.0973. The Bertz CT molecular complexity index is 924. The average Bonchev–Trinajstić information content (AvgIpc) is 2.84. The van der Waals surface area contributed by atoms with E-state index < -0.39 is 15.3 Å².